The highest BCUT2D eigenvalue weighted by atomic mass is 16.6. The third-order valence-corrected chi connectivity index (χ3v) is 2.22. The summed E-state index contributed by atoms with van der Waals surface area (Å²) in [7, 11) is 0. The van der Waals surface area contributed by atoms with Gasteiger partial charge in [-0.3, -0.25) is 10.1 Å². The molecule has 0 amide bonds. The number of anilines is 2. The van der Waals surface area contributed by atoms with Crippen molar-refractivity contribution >= 4 is 17.3 Å². The predicted molar refractivity (Wildman–Crippen MR) is 70.8 cm³/mol. The van der Waals surface area contributed by atoms with Gasteiger partial charge in [0.1, 0.15) is 19.4 Å². The maximum Gasteiger partial charge on any atom is 0.353 e. The van der Waals surface area contributed by atoms with Crippen LogP contribution in [0.5, 0.6) is 0 Å². The molecular weight excluding hydrogens is 262 g/mol. The second kappa shape index (κ2) is 7.28. The van der Waals surface area contributed by atoms with E-state index in [1.807, 2.05) is 12.1 Å². The van der Waals surface area contributed by atoms with Crippen molar-refractivity contribution < 1.29 is 4.92 Å². The molecule has 0 saturated carbocycles. The van der Waals surface area contributed by atoms with Crippen LogP contribution in [0, 0.1) is 32.8 Å². The topological polar surface area (TPSA) is 132 Å². The van der Waals surface area contributed by atoms with Crippen LogP contribution < -0.4 is 10.2 Å². The Morgan fingerprint density at radius 1 is 1.45 bits per heavy atom. The van der Waals surface area contributed by atoms with E-state index in [1.165, 1.54) is 11.0 Å². The molecule has 0 aliphatic heterocycles. The molecule has 20 heavy (non-hydrogen) atoms. The summed E-state index contributed by atoms with van der Waals surface area (Å²) in [6.45, 7) is 3.40. The van der Waals surface area contributed by atoms with Crippen LogP contribution in [-0.4, -0.2) is 34.5 Å². The van der Waals surface area contributed by atoms with Gasteiger partial charge in [-0.2, -0.15) is 10.5 Å². The maximum absolute atomic E-state index is 11.2. The molecule has 9 nitrogen and oxygen atoms in total. The van der Waals surface area contributed by atoms with E-state index >= 15 is 0 Å². The monoisotopic (exact) mass is 273 g/mol. The summed E-state index contributed by atoms with van der Waals surface area (Å²) in [6.07, 6.45) is 2.66. The van der Waals surface area contributed by atoms with Gasteiger partial charge in [-0.05, 0) is 0 Å². The predicted octanol–water partition coefficient (Wildman–Crippen LogP) is 0.836. The van der Waals surface area contributed by atoms with Crippen molar-refractivity contribution in [2.75, 3.05) is 29.9 Å². The summed E-state index contributed by atoms with van der Waals surface area (Å²) in [5.74, 6) is -0.0551. The van der Waals surface area contributed by atoms with Crippen LogP contribution >= 0.6 is 0 Å². The SMILES string of the molecule is C=CCNc1ncnc(N(CC#N)CC#N)c1[N+](=O)[O-]. The van der Waals surface area contributed by atoms with Crippen molar-refractivity contribution in [1.82, 2.24) is 9.97 Å². The molecule has 9 heteroatoms. The van der Waals surface area contributed by atoms with Gasteiger partial charge in [0.05, 0.1) is 17.1 Å². The lowest BCUT2D eigenvalue weighted by Crippen LogP contribution is -2.26. The first kappa shape index (κ1) is 14.9. The van der Waals surface area contributed by atoms with Crippen molar-refractivity contribution in [2.24, 2.45) is 0 Å². The molecule has 1 aromatic heterocycles. The Balaban J connectivity index is 3.30. The first-order chi connectivity index (χ1) is 9.65. The van der Waals surface area contributed by atoms with E-state index in [1.54, 1.807) is 0 Å². The number of rotatable bonds is 7. The number of hydrogen-bond acceptors (Lipinski definition) is 8. The zero-order valence-corrected chi connectivity index (χ0v) is 10.5. The lowest BCUT2D eigenvalue weighted by Gasteiger charge is -2.17. The molecule has 0 atom stereocenters. The van der Waals surface area contributed by atoms with E-state index in [4.69, 9.17) is 10.5 Å². The molecule has 1 heterocycles. The fourth-order valence-electron chi connectivity index (χ4n) is 1.44. The maximum atomic E-state index is 11.2. The zero-order valence-electron chi connectivity index (χ0n) is 10.5. The van der Waals surface area contributed by atoms with Gasteiger partial charge in [-0.15, -0.1) is 6.58 Å². The Hall–Kier alpha value is -3.20. The first-order valence-electron chi connectivity index (χ1n) is 5.48. The number of nitrogens with zero attached hydrogens (tertiary/aromatic N) is 6. The smallest absolute Gasteiger partial charge is 0.353 e. The fraction of sp³-hybridized carbons (Fsp3) is 0.273. The molecule has 0 radical (unpaired) electrons. The van der Waals surface area contributed by atoms with Gasteiger partial charge in [-0.25, -0.2) is 9.97 Å². The van der Waals surface area contributed by atoms with E-state index in [-0.39, 0.29) is 37.0 Å². The number of aromatic nitrogens is 2. The third-order valence-electron chi connectivity index (χ3n) is 2.22. The van der Waals surface area contributed by atoms with Crippen LogP contribution in [0.4, 0.5) is 17.3 Å². The van der Waals surface area contributed by atoms with Gasteiger partial charge in [0.25, 0.3) is 0 Å². The summed E-state index contributed by atoms with van der Waals surface area (Å²) >= 11 is 0. The molecule has 0 fully saturated rings. The van der Waals surface area contributed by atoms with Gasteiger partial charge in [0.15, 0.2) is 0 Å². The highest BCUT2D eigenvalue weighted by Gasteiger charge is 2.26. The van der Waals surface area contributed by atoms with Gasteiger partial charge >= 0.3 is 5.69 Å². The minimum Gasteiger partial charge on any atom is -0.361 e. The van der Waals surface area contributed by atoms with Crippen molar-refractivity contribution in [2.45, 2.75) is 0 Å². The largest absolute Gasteiger partial charge is 0.361 e. The molecule has 0 unspecified atom stereocenters. The zero-order chi connectivity index (χ0) is 15.0. The molecule has 1 aromatic rings. The summed E-state index contributed by atoms with van der Waals surface area (Å²) in [5.41, 5.74) is -0.375. The van der Waals surface area contributed by atoms with E-state index in [0.29, 0.717) is 0 Å². The lowest BCUT2D eigenvalue weighted by atomic mass is 10.3. The highest BCUT2D eigenvalue weighted by Crippen LogP contribution is 2.31. The Morgan fingerprint density at radius 2 is 2.10 bits per heavy atom. The van der Waals surface area contributed by atoms with E-state index < -0.39 is 4.92 Å². The Bertz CT molecular complexity index is 571. The standard InChI is InChI=1S/C11H11N7O2/c1-2-5-14-10-9(18(19)20)11(16-8-15-10)17(6-3-12)7-4-13/h2,8H,1,5-7H2,(H,14,15,16). The molecule has 0 aromatic carbocycles. The van der Waals surface area contributed by atoms with Gasteiger partial charge < -0.3 is 10.2 Å². The minimum absolute atomic E-state index is 0.0146. The second-order valence-electron chi connectivity index (χ2n) is 3.49. The number of nitriles is 2. The van der Waals surface area contributed by atoms with Gasteiger partial charge in [-0.1, -0.05) is 6.08 Å². The van der Waals surface area contributed by atoms with E-state index in [2.05, 4.69) is 21.9 Å². The molecule has 0 aliphatic rings. The van der Waals surface area contributed by atoms with Crippen LogP contribution in [0.2, 0.25) is 0 Å². The molecule has 0 bridgehead atoms. The van der Waals surface area contributed by atoms with Crippen molar-refractivity contribution in [3.63, 3.8) is 0 Å². The molecule has 1 N–H and O–H groups in total. The Morgan fingerprint density at radius 3 is 2.60 bits per heavy atom. The number of nitro groups is 1. The van der Waals surface area contributed by atoms with Crippen LogP contribution in [0.25, 0.3) is 0 Å². The van der Waals surface area contributed by atoms with Crippen molar-refractivity contribution in [1.29, 1.82) is 10.5 Å². The van der Waals surface area contributed by atoms with Gasteiger partial charge in [0, 0.05) is 6.54 Å². The number of hydrogen-bond donors (Lipinski definition) is 1. The second-order valence-corrected chi connectivity index (χ2v) is 3.49. The van der Waals surface area contributed by atoms with Crippen molar-refractivity contribution in [3.05, 3.63) is 29.1 Å². The average Bonchev–Trinajstić information content (AvgIpc) is 2.44. The summed E-state index contributed by atoms with van der Waals surface area (Å²) in [4.78, 5) is 19.4. The summed E-state index contributed by atoms with van der Waals surface area (Å²) in [6, 6.07) is 3.67. The summed E-state index contributed by atoms with van der Waals surface area (Å²) in [5, 5.41) is 31.3. The molecule has 1 rings (SSSR count). The molecule has 0 saturated heterocycles. The normalized spacial score (nSPS) is 9.10. The van der Waals surface area contributed by atoms with Crippen LogP contribution in [0.1, 0.15) is 0 Å². The third kappa shape index (κ3) is 3.40. The average molecular weight is 273 g/mol. The summed E-state index contributed by atoms with van der Waals surface area (Å²) < 4.78 is 0. The quantitative estimate of drug-likeness (QED) is 0.334. The molecule has 0 spiro atoms. The van der Waals surface area contributed by atoms with E-state index in [0.717, 1.165) is 6.33 Å². The van der Waals surface area contributed by atoms with Gasteiger partial charge in [0.2, 0.25) is 11.6 Å². The van der Waals surface area contributed by atoms with Crippen LogP contribution in [0.3, 0.4) is 0 Å². The fourth-order valence-corrected chi connectivity index (χ4v) is 1.44. The first-order valence-corrected chi connectivity index (χ1v) is 5.48. The van der Waals surface area contributed by atoms with Crippen molar-refractivity contribution in [3.8, 4) is 12.1 Å². The number of nitrogens with one attached hydrogen (secondary N) is 1. The minimum atomic E-state index is -0.650. The Labute approximate surface area is 114 Å². The molecule has 0 aliphatic carbocycles. The molecule has 102 valence electrons. The highest BCUT2D eigenvalue weighted by molar-refractivity contribution is 5.70. The van der Waals surface area contributed by atoms with Crippen LogP contribution in [0.15, 0.2) is 19.0 Å². The Kier molecular flexibility index (Phi) is 5.41. The molecular formula is C11H11N7O2. The van der Waals surface area contributed by atoms with Crippen LogP contribution in [-0.2, 0) is 0 Å². The lowest BCUT2D eigenvalue weighted by molar-refractivity contribution is -0.383. The van der Waals surface area contributed by atoms with E-state index in [9.17, 15) is 10.1 Å².